The topological polar surface area (TPSA) is 69.3 Å². The molecule has 1 aliphatic rings. The van der Waals surface area contributed by atoms with E-state index in [0.717, 1.165) is 17.5 Å². The van der Waals surface area contributed by atoms with Crippen LogP contribution in [0.5, 0.6) is 23.0 Å². The van der Waals surface area contributed by atoms with Crippen molar-refractivity contribution in [2.24, 2.45) is 0 Å². The normalized spacial score (nSPS) is 19.8. The molecular weight excluding hydrogens is 420 g/mol. The Hall–Kier alpha value is -3.19. The van der Waals surface area contributed by atoms with Gasteiger partial charge in [-0.1, -0.05) is 24.3 Å². The zero-order valence-corrected chi connectivity index (χ0v) is 20.3. The molecule has 0 fully saturated rings. The van der Waals surface area contributed by atoms with Crippen molar-refractivity contribution < 1.29 is 23.7 Å². The number of likely N-dealkylation sites (N-methyl/N-ethyl adjacent to an activating group) is 1. The van der Waals surface area contributed by atoms with Crippen LogP contribution in [-0.4, -0.2) is 65.4 Å². The molecule has 0 aromatic heterocycles. The molecule has 0 spiro atoms. The lowest BCUT2D eigenvalue weighted by Gasteiger charge is -2.39. The van der Waals surface area contributed by atoms with Gasteiger partial charge in [-0.05, 0) is 55.9 Å². The Balaban J connectivity index is 1.85. The number of rotatable bonds is 9. The molecule has 0 radical (unpaired) electrons. The summed E-state index contributed by atoms with van der Waals surface area (Å²) in [6, 6.07) is 11.5. The van der Waals surface area contributed by atoms with Gasteiger partial charge in [0, 0.05) is 12.0 Å². The molecule has 1 amide bonds. The van der Waals surface area contributed by atoms with Crippen LogP contribution in [0.1, 0.15) is 23.5 Å². The van der Waals surface area contributed by atoms with Crippen molar-refractivity contribution >= 4 is 5.91 Å². The van der Waals surface area contributed by atoms with Crippen molar-refractivity contribution in [2.45, 2.75) is 30.8 Å². The molecule has 178 valence electrons. The van der Waals surface area contributed by atoms with Gasteiger partial charge in [-0.25, -0.2) is 0 Å². The number of amides is 1. The van der Waals surface area contributed by atoms with Gasteiger partial charge in [0.05, 0.1) is 40.9 Å². The van der Waals surface area contributed by atoms with E-state index in [1.807, 2.05) is 50.5 Å². The fraction of sp³-hybridized carbons (Fsp3) is 0.423. The molecule has 1 N–H and O–H groups in total. The van der Waals surface area contributed by atoms with Crippen LogP contribution >= 0.6 is 0 Å². The van der Waals surface area contributed by atoms with E-state index < -0.39 is 0 Å². The SMILES string of the molecule is COc1ccc(CC(=O)NC2[C@H](c3ccc(OC)c(OC)c3)CC=C[C@@H]2N(C)C)cc1OC. The van der Waals surface area contributed by atoms with E-state index in [2.05, 4.69) is 22.4 Å². The molecule has 1 unspecified atom stereocenters. The summed E-state index contributed by atoms with van der Waals surface area (Å²) < 4.78 is 21.6. The second kappa shape index (κ2) is 11.1. The smallest absolute Gasteiger partial charge is 0.224 e. The molecule has 2 aromatic carbocycles. The van der Waals surface area contributed by atoms with Crippen LogP contribution in [0.2, 0.25) is 0 Å². The number of hydrogen-bond acceptors (Lipinski definition) is 6. The Morgan fingerprint density at radius 2 is 1.52 bits per heavy atom. The lowest BCUT2D eigenvalue weighted by atomic mass is 9.80. The van der Waals surface area contributed by atoms with E-state index in [1.165, 1.54) is 0 Å². The largest absolute Gasteiger partial charge is 0.493 e. The Morgan fingerprint density at radius 1 is 0.909 bits per heavy atom. The second-order valence-electron chi connectivity index (χ2n) is 8.30. The zero-order chi connectivity index (χ0) is 24.0. The molecule has 7 nitrogen and oxygen atoms in total. The molecule has 33 heavy (non-hydrogen) atoms. The van der Waals surface area contributed by atoms with Crippen LogP contribution in [0.3, 0.4) is 0 Å². The van der Waals surface area contributed by atoms with Crippen molar-refractivity contribution in [3.05, 3.63) is 59.7 Å². The maximum Gasteiger partial charge on any atom is 0.224 e. The van der Waals surface area contributed by atoms with Crippen LogP contribution in [-0.2, 0) is 11.2 Å². The third kappa shape index (κ3) is 5.60. The first kappa shape index (κ1) is 24.5. The van der Waals surface area contributed by atoms with Crippen molar-refractivity contribution in [3.63, 3.8) is 0 Å². The van der Waals surface area contributed by atoms with Crippen molar-refractivity contribution in [1.29, 1.82) is 0 Å². The minimum absolute atomic E-state index is 0.0418. The molecule has 0 saturated carbocycles. The fourth-order valence-corrected chi connectivity index (χ4v) is 4.39. The first-order valence-corrected chi connectivity index (χ1v) is 11.0. The number of nitrogens with zero attached hydrogens (tertiary/aromatic N) is 1. The molecule has 0 saturated heterocycles. The minimum atomic E-state index is -0.101. The van der Waals surface area contributed by atoms with E-state index in [0.29, 0.717) is 23.0 Å². The van der Waals surface area contributed by atoms with E-state index in [1.54, 1.807) is 28.4 Å². The van der Waals surface area contributed by atoms with Gasteiger partial charge in [0.2, 0.25) is 5.91 Å². The number of carbonyl (C=O) groups is 1. The Kier molecular flexibility index (Phi) is 8.22. The summed E-state index contributed by atoms with van der Waals surface area (Å²) in [5, 5.41) is 3.30. The molecule has 0 aliphatic heterocycles. The van der Waals surface area contributed by atoms with Gasteiger partial charge in [0.25, 0.3) is 0 Å². The van der Waals surface area contributed by atoms with Gasteiger partial charge in [-0.15, -0.1) is 0 Å². The van der Waals surface area contributed by atoms with E-state index in [4.69, 9.17) is 18.9 Å². The number of nitrogens with one attached hydrogen (secondary N) is 1. The summed E-state index contributed by atoms with van der Waals surface area (Å²) in [6.45, 7) is 0. The maximum absolute atomic E-state index is 13.1. The average Bonchev–Trinajstić information content (AvgIpc) is 2.83. The third-order valence-electron chi connectivity index (χ3n) is 6.10. The van der Waals surface area contributed by atoms with Crippen molar-refractivity contribution in [2.75, 3.05) is 42.5 Å². The third-order valence-corrected chi connectivity index (χ3v) is 6.10. The van der Waals surface area contributed by atoms with Gasteiger partial charge in [0.15, 0.2) is 23.0 Å². The van der Waals surface area contributed by atoms with Gasteiger partial charge < -0.3 is 29.2 Å². The molecule has 7 heteroatoms. The van der Waals surface area contributed by atoms with Crippen molar-refractivity contribution in [1.82, 2.24) is 10.2 Å². The number of benzene rings is 2. The van der Waals surface area contributed by atoms with Gasteiger partial charge in [-0.2, -0.15) is 0 Å². The van der Waals surface area contributed by atoms with Crippen LogP contribution < -0.4 is 24.3 Å². The lowest BCUT2D eigenvalue weighted by Crippen LogP contribution is -2.53. The summed E-state index contributed by atoms with van der Waals surface area (Å²) in [6.07, 6.45) is 5.42. The highest BCUT2D eigenvalue weighted by atomic mass is 16.5. The van der Waals surface area contributed by atoms with Crippen LogP contribution in [0.4, 0.5) is 0 Å². The highest BCUT2D eigenvalue weighted by molar-refractivity contribution is 5.79. The fourth-order valence-electron chi connectivity index (χ4n) is 4.39. The first-order chi connectivity index (χ1) is 15.9. The standard InChI is InChI=1S/C26H34N2O5/c1-28(2)20-9-7-8-19(18-11-13-22(31-4)24(16-18)33-6)26(20)27-25(29)15-17-10-12-21(30-3)23(14-17)32-5/h7,9-14,16,19-20,26H,8,15H2,1-6H3,(H,27,29)/t19-,20-,26?/m0/s1. The number of methoxy groups -OCH3 is 4. The van der Waals surface area contributed by atoms with Crippen LogP contribution in [0.25, 0.3) is 0 Å². The van der Waals surface area contributed by atoms with Crippen LogP contribution in [0, 0.1) is 0 Å². The summed E-state index contributed by atoms with van der Waals surface area (Å²) in [5.41, 5.74) is 1.96. The highest BCUT2D eigenvalue weighted by Crippen LogP contribution is 2.36. The molecular formula is C26H34N2O5. The van der Waals surface area contributed by atoms with Crippen LogP contribution in [0.15, 0.2) is 48.6 Å². The predicted molar refractivity (Wildman–Crippen MR) is 129 cm³/mol. The second-order valence-corrected chi connectivity index (χ2v) is 8.30. The van der Waals surface area contributed by atoms with E-state index in [9.17, 15) is 4.79 Å². The first-order valence-electron chi connectivity index (χ1n) is 11.0. The molecule has 0 heterocycles. The molecule has 0 bridgehead atoms. The highest BCUT2D eigenvalue weighted by Gasteiger charge is 2.34. The van der Waals surface area contributed by atoms with E-state index in [-0.39, 0.29) is 30.3 Å². The molecule has 3 atom stereocenters. The molecule has 3 rings (SSSR count). The van der Waals surface area contributed by atoms with Gasteiger partial charge >= 0.3 is 0 Å². The average molecular weight is 455 g/mol. The number of ether oxygens (including phenoxy) is 4. The molecule has 2 aromatic rings. The lowest BCUT2D eigenvalue weighted by molar-refractivity contribution is -0.121. The summed E-state index contributed by atoms with van der Waals surface area (Å²) in [7, 11) is 10.5. The number of allylic oxidation sites excluding steroid dienone is 1. The quantitative estimate of drug-likeness (QED) is 0.586. The van der Waals surface area contributed by atoms with Crippen molar-refractivity contribution in [3.8, 4) is 23.0 Å². The predicted octanol–water partition coefficient (Wildman–Crippen LogP) is 3.42. The van der Waals surface area contributed by atoms with E-state index >= 15 is 0 Å². The summed E-state index contributed by atoms with van der Waals surface area (Å²) >= 11 is 0. The van der Waals surface area contributed by atoms with Gasteiger partial charge in [0.1, 0.15) is 0 Å². The Morgan fingerprint density at radius 3 is 2.12 bits per heavy atom. The summed E-state index contributed by atoms with van der Waals surface area (Å²) in [4.78, 5) is 15.3. The zero-order valence-electron chi connectivity index (χ0n) is 20.3. The maximum atomic E-state index is 13.1. The Labute approximate surface area is 196 Å². The summed E-state index contributed by atoms with van der Waals surface area (Å²) in [5.74, 6) is 2.67. The van der Waals surface area contributed by atoms with Gasteiger partial charge in [-0.3, -0.25) is 4.79 Å². The number of hydrogen-bond donors (Lipinski definition) is 1. The monoisotopic (exact) mass is 454 g/mol. The number of carbonyl (C=O) groups excluding carboxylic acids is 1. The Bertz CT molecular complexity index is 989. The molecule has 1 aliphatic carbocycles. The minimum Gasteiger partial charge on any atom is -0.493 e.